The van der Waals surface area contributed by atoms with Crippen molar-refractivity contribution in [2.75, 3.05) is 18.2 Å². The summed E-state index contributed by atoms with van der Waals surface area (Å²) in [6, 6.07) is 11.3. The van der Waals surface area contributed by atoms with Crippen LogP contribution in [0.3, 0.4) is 0 Å². The van der Waals surface area contributed by atoms with Crippen LogP contribution in [0.15, 0.2) is 52.1 Å². The average Bonchev–Trinajstić information content (AvgIpc) is 3.11. The Hall–Kier alpha value is -2.87. The fraction of sp³-hybridized carbons (Fsp3) is 0.167. The SMILES string of the molecule is COc1ccc(NC(=O)CSc2nnc(-c3cccc(F)c3)o2)c(C)c1. The van der Waals surface area contributed by atoms with Crippen LogP contribution in [0.4, 0.5) is 10.1 Å². The molecule has 8 heteroatoms. The third kappa shape index (κ3) is 4.40. The van der Waals surface area contributed by atoms with Gasteiger partial charge >= 0.3 is 0 Å². The van der Waals surface area contributed by atoms with Gasteiger partial charge in [-0.3, -0.25) is 4.79 Å². The van der Waals surface area contributed by atoms with Gasteiger partial charge in [0.2, 0.25) is 11.8 Å². The molecule has 0 saturated carbocycles. The minimum atomic E-state index is -0.385. The summed E-state index contributed by atoms with van der Waals surface area (Å²) in [6.45, 7) is 1.88. The van der Waals surface area contributed by atoms with Crippen LogP contribution in [0.1, 0.15) is 5.56 Å². The van der Waals surface area contributed by atoms with Gasteiger partial charge in [0, 0.05) is 11.3 Å². The van der Waals surface area contributed by atoms with Crippen LogP contribution in [0, 0.1) is 12.7 Å². The summed E-state index contributed by atoms with van der Waals surface area (Å²) in [4.78, 5) is 12.1. The molecule has 0 radical (unpaired) electrons. The Bertz CT molecular complexity index is 930. The van der Waals surface area contributed by atoms with Crippen molar-refractivity contribution in [2.45, 2.75) is 12.1 Å². The molecule has 3 rings (SSSR count). The van der Waals surface area contributed by atoms with E-state index in [9.17, 15) is 9.18 Å². The van der Waals surface area contributed by atoms with E-state index in [0.717, 1.165) is 23.1 Å². The maximum absolute atomic E-state index is 13.2. The zero-order valence-electron chi connectivity index (χ0n) is 14.2. The molecule has 0 aliphatic heterocycles. The highest BCUT2D eigenvalue weighted by Gasteiger charge is 2.12. The maximum Gasteiger partial charge on any atom is 0.277 e. The first-order chi connectivity index (χ1) is 12.5. The number of ether oxygens (including phenoxy) is 1. The Kier molecular flexibility index (Phi) is 5.52. The summed E-state index contributed by atoms with van der Waals surface area (Å²) in [5.41, 5.74) is 2.10. The smallest absolute Gasteiger partial charge is 0.277 e. The van der Waals surface area contributed by atoms with Crippen LogP contribution in [0.5, 0.6) is 5.75 Å². The number of benzene rings is 2. The van der Waals surface area contributed by atoms with Crippen molar-refractivity contribution in [1.29, 1.82) is 0 Å². The van der Waals surface area contributed by atoms with Crippen LogP contribution in [0.2, 0.25) is 0 Å². The highest BCUT2D eigenvalue weighted by Crippen LogP contribution is 2.25. The van der Waals surface area contributed by atoms with Gasteiger partial charge in [-0.1, -0.05) is 17.8 Å². The number of aryl methyl sites for hydroxylation is 1. The second-order valence-electron chi connectivity index (χ2n) is 5.40. The zero-order chi connectivity index (χ0) is 18.5. The Morgan fingerprint density at radius 1 is 1.27 bits per heavy atom. The predicted molar refractivity (Wildman–Crippen MR) is 96.8 cm³/mol. The predicted octanol–water partition coefficient (Wildman–Crippen LogP) is 3.92. The van der Waals surface area contributed by atoms with Crippen LogP contribution in [0.25, 0.3) is 11.5 Å². The molecule has 1 amide bonds. The number of anilines is 1. The number of hydrogen-bond acceptors (Lipinski definition) is 6. The quantitative estimate of drug-likeness (QED) is 0.660. The van der Waals surface area contributed by atoms with Gasteiger partial charge in [0.1, 0.15) is 11.6 Å². The van der Waals surface area contributed by atoms with Crippen LogP contribution in [-0.2, 0) is 4.79 Å². The van der Waals surface area contributed by atoms with Gasteiger partial charge in [-0.05, 0) is 48.9 Å². The summed E-state index contributed by atoms with van der Waals surface area (Å²) < 4.78 is 23.8. The number of carbonyl (C=O) groups is 1. The van der Waals surface area contributed by atoms with Gasteiger partial charge < -0.3 is 14.5 Å². The van der Waals surface area contributed by atoms with Gasteiger partial charge in [-0.15, -0.1) is 10.2 Å². The molecular formula is C18H16FN3O3S. The number of nitrogens with zero attached hydrogens (tertiary/aromatic N) is 2. The molecule has 0 saturated heterocycles. The Labute approximate surface area is 153 Å². The number of nitrogens with one attached hydrogen (secondary N) is 1. The summed E-state index contributed by atoms with van der Waals surface area (Å²) in [5.74, 6) is 0.456. The van der Waals surface area contributed by atoms with E-state index >= 15 is 0 Å². The molecule has 134 valence electrons. The summed E-state index contributed by atoms with van der Waals surface area (Å²) in [6.07, 6.45) is 0. The normalized spacial score (nSPS) is 10.6. The van der Waals surface area contributed by atoms with Crippen molar-refractivity contribution in [1.82, 2.24) is 10.2 Å². The molecule has 0 aliphatic carbocycles. The molecule has 1 aromatic heterocycles. The molecule has 0 spiro atoms. The molecule has 26 heavy (non-hydrogen) atoms. The van der Waals surface area contributed by atoms with Gasteiger partial charge in [0.25, 0.3) is 5.22 Å². The minimum Gasteiger partial charge on any atom is -0.497 e. The molecule has 0 atom stereocenters. The molecule has 6 nitrogen and oxygen atoms in total. The topological polar surface area (TPSA) is 77.2 Å². The van der Waals surface area contributed by atoms with Gasteiger partial charge in [0.05, 0.1) is 12.9 Å². The van der Waals surface area contributed by atoms with Crippen LogP contribution in [-0.4, -0.2) is 29.0 Å². The Morgan fingerprint density at radius 2 is 2.12 bits per heavy atom. The highest BCUT2D eigenvalue weighted by molar-refractivity contribution is 7.99. The first-order valence-electron chi connectivity index (χ1n) is 7.72. The van der Waals surface area contributed by atoms with Crippen molar-refractivity contribution in [3.8, 4) is 17.2 Å². The number of methoxy groups -OCH3 is 1. The lowest BCUT2D eigenvalue weighted by molar-refractivity contribution is -0.113. The summed E-state index contributed by atoms with van der Waals surface area (Å²) >= 11 is 1.11. The van der Waals surface area contributed by atoms with Crippen molar-refractivity contribution in [2.24, 2.45) is 0 Å². The number of rotatable bonds is 6. The van der Waals surface area contributed by atoms with E-state index in [1.165, 1.54) is 12.1 Å². The van der Waals surface area contributed by atoms with Crippen molar-refractivity contribution < 1.29 is 18.3 Å². The van der Waals surface area contributed by atoms with Gasteiger partial charge in [-0.25, -0.2) is 4.39 Å². The lowest BCUT2D eigenvalue weighted by atomic mass is 10.2. The molecule has 1 N–H and O–H groups in total. The fourth-order valence-electron chi connectivity index (χ4n) is 2.22. The van der Waals surface area contributed by atoms with E-state index in [0.29, 0.717) is 11.3 Å². The number of amides is 1. The van der Waals surface area contributed by atoms with Gasteiger partial charge in [-0.2, -0.15) is 0 Å². The van der Waals surface area contributed by atoms with Gasteiger partial charge in [0.15, 0.2) is 0 Å². The Balaban J connectivity index is 1.58. The van der Waals surface area contributed by atoms with E-state index in [1.807, 2.05) is 13.0 Å². The Morgan fingerprint density at radius 3 is 2.85 bits per heavy atom. The number of aromatic nitrogens is 2. The third-order valence-electron chi connectivity index (χ3n) is 3.51. The van der Waals surface area contributed by atoms with E-state index < -0.39 is 0 Å². The zero-order valence-corrected chi connectivity index (χ0v) is 15.0. The molecule has 0 unspecified atom stereocenters. The molecule has 3 aromatic rings. The summed E-state index contributed by atoms with van der Waals surface area (Å²) in [7, 11) is 1.59. The van der Waals surface area contributed by atoms with Crippen molar-refractivity contribution in [3.63, 3.8) is 0 Å². The molecule has 0 bridgehead atoms. The number of thioether (sulfide) groups is 1. The summed E-state index contributed by atoms with van der Waals surface area (Å²) in [5, 5.41) is 10.8. The van der Waals surface area contributed by atoms with E-state index in [2.05, 4.69) is 15.5 Å². The first-order valence-corrected chi connectivity index (χ1v) is 8.70. The monoisotopic (exact) mass is 373 g/mol. The van der Waals surface area contributed by atoms with E-state index in [-0.39, 0.29) is 28.6 Å². The van der Waals surface area contributed by atoms with E-state index in [4.69, 9.17) is 9.15 Å². The van der Waals surface area contributed by atoms with Crippen molar-refractivity contribution in [3.05, 3.63) is 53.8 Å². The van der Waals surface area contributed by atoms with Crippen LogP contribution >= 0.6 is 11.8 Å². The lowest BCUT2D eigenvalue weighted by Crippen LogP contribution is -2.14. The molecule has 0 aliphatic rings. The van der Waals surface area contributed by atoms with Crippen LogP contribution < -0.4 is 10.1 Å². The second kappa shape index (κ2) is 8.01. The highest BCUT2D eigenvalue weighted by atomic mass is 32.2. The number of halogens is 1. The largest absolute Gasteiger partial charge is 0.497 e. The molecule has 1 heterocycles. The minimum absolute atomic E-state index is 0.107. The lowest BCUT2D eigenvalue weighted by Gasteiger charge is -2.09. The van der Waals surface area contributed by atoms with Crippen molar-refractivity contribution >= 4 is 23.4 Å². The average molecular weight is 373 g/mol. The third-order valence-corrected chi connectivity index (χ3v) is 4.33. The van der Waals surface area contributed by atoms with E-state index in [1.54, 1.807) is 31.4 Å². The number of carbonyl (C=O) groups excluding carboxylic acids is 1. The molecule has 2 aromatic carbocycles. The second-order valence-corrected chi connectivity index (χ2v) is 6.33. The number of hydrogen-bond donors (Lipinski definition) is 1. The maximum atomic E-state index is 13.2. The first kappa shape index (κ1) is 17.9. The fourth-order valence-corrected chi connectivity index (χ4v) is 2.79. The standard InChI is InChI=1S/C18H16FN3O3S/c1-11-8-14(24-2)6-7-15(11)20-16(23)10-26-18-22-21-17(25-18)12-4-3-5-13(19)9-12/h3-9H,10H2,1-2H3,(H,20,23). The molecule has 0 fully saturated rings. The molecular weight excluding hydrogens is 357 g/mol.